The summed E-state index contributed by atoms with van der Waals surface area (Å²) in [6.07, 6.45) is 1.21. The van der Waals surface area contributed by atoms with Crippen LogP contribution in [0.1, 0.15) is 10.4 Å². The van der Waals surface area contributed by atoms with Crippen molar-refractivity contribution in [3.8, 4) is 0 Å². The number of aromatic nitrogens is 2. The van der Waals surface area contributed by atoms with Crippen molar-refractivity contribution in [3.05, 3.63) is 50.7 Å². The van der Waals surface area contributed by atoms with Crippen LogP contribution in [0.25, 0.3) is 0 Å². The van der Waals surface area contributed by atoms with E-state index in [9.17, 15) is 14.9 Å². The maximum absolute atomic E-state index is 12.3. The number of rotatable bonds is 5. The summed E-state index contributed by atoms with van der Waals surface area (Å²) >= 11 is 3.28. The van der Waals surface area contributed by atoms with Gasteiger partial charge in [0.1, 0.15) is 6.33 Å². The second kappa shape index (κ2) is 8.06. The van der Waals surface area contributed by atoms with E-state index in [1.807, 2.05) is 0 Å². The lowest BCUT2D eigenvalue weighted by atomic mass is 10.2. The first-order valence-electron chi connectivity index (χ1n) is 7.71. The van der Waals surface area contributed by atoms with Crippen molar-refractivity contribution >= 4 is 39.2 Å². The molecule has 1 aromatic heterocycles. The molecule has 1 amide bonds. The first-order valence-corrected chi connectivity index (χ1v) is 8.50. The van der Waals surface area contributed by atoms with E-state index in [-0.39, 0.29) is 17.3 Å². The van der Waals surface area contributed by atoms with Crippen LogP contribution in [0.2, 0.25) is 0 Å². The van der Waals surface area contributed by atoms with Crippen molar-refractivity contribution in [1.82, 2.24) is 15.4 Å². The summed E-state index contributed by atoms with van der Waals surface area (Å²) in [7, 11) is 0. The lowest BCUT2D eigenvalue weighted by Gasteiger charge is -2.27. The van der Waals surface area contributed by atoms with Crippen molar-refractivity contribution in [2.24, 2.45) is 0 Å². The molecule has 2 N–H and O–H groups in total. The minimum atomic E-state index is -0.572. The number of halogens is 1. The summed E-state index contributed by atoms with van der Waals surface area (Å²) in [6.45, 7) is 1.90. The number of nitrogens with one attached hydrogen (secondary N) is 2. The fraction of sp³-hybridized carbons (Fsp3) is 0.267. The van der Waals surface area contributed by atoms with Crippen LogP contribution in [0, 0.1) is 10.1 Å². The Hall–Kier alpha value is -2.79. The van der Waals surface area contributed by atoms with Crippen molar-refractivity contribution in [3.63, 3.8) is 0 Å². The van der Waals surface area contributed by atoms with Crippen LogP contribution in [0.3, 0.4) is 0 Å². The summed E-state index contributed by atoms with van der Waals surface area (Å²) < 4.78 is 5.86. The minimum absolute atomic E-state index is 0.0908. The van der Waals surface area contributed by atoms with Crippen molar-refractivity contribution < 1.29 is 14.5 Å². The summed E-state index contributed by atoms with van der Waals surface area (Å²) in [5.74, 6) is -0.365. The quantitative estimate of drug-likeness (QED) is 0.551. The van der Waals surface area contributed by atoms with Gasteiger partial charge in [0, 0.05) is 17.6 Å². The molecule has 2 aromatic rings. The number of carbonyl (C=O) groups excluding carboxylic acids is 1. The molecule has 2 heterocycles. The van der Waals surface area contributed by atoms with Gasteiger partial charge in [0.15, 0.2) is 0 Å². The highest BCUT2D eigenvalue weighted by atomic mass is 79.9. The molecule has 0 spiro atoms. The first kappa shape index (κ1) is 18.0. The van der Waals surface area contributed by atoms with E-state index < -0.39 is 10.8 Å². The van der Waals surface area contributed by atoms with Crippen LogP contribution < -0.4 is 15.8 Å². The number of nitro groups is 1. The predicted octanol–water partition coefficient (Wildman–Crippen LogP) is 1.74. The number of benzene rings is 1. The average Bonchev–Trinajstić information content (AvgIpc) is 2.66. The molecule has 0 atom stereocenters. The molecule has 0 aliphatic carbocycles. The van der Waals surface area contributed by atoms with Gasteiger partial charge in [-0.25, -0.2) is 9.97 Å². The maximum atomic E-state index is 12.3. The van der Waals surface area contributed by atoms with Crippen LogP contribution in [0.15, 0.2) is 35.1 Å². The third kappa shape index (κ3) is 3.89. The Morgan fingerprint density at radius 3 is 2.69 bits per heavy atom. The molecule has 0 radical (unpaired) electrons. The number of carbonyl (C=O) groups is 1. The molecule has 1 saturated heterocycles. The van der Waals surface area contributed by atoms with Crippen LogP contribution >= 0.6 is 15.9 Å². The van der Waals surface area contributed by atoms with Gasteiger partial charge in [-0.1, -0.05) is 12.1 Å². The van der Waals surface area contributed by atoms with Crippen LogP contribution in [-0.2, 0) is 4.74 Å². The number of hydrogen-bond donors (Lipinski definition) is 2. The van der Waals surface area contributed by atoms with Crippen LogP contribution in [0.4, 0.5) is 17.3 Å². The number of morpholine rings is 1. The topological polar surface area (TPSA) is 123 Å². The van der Waals surface area contributed by atoms with Gasteiger partial charge in [-0.3, -0.25) is 25.8 Å². The number of nitrogens with zero attached hydrogens (tertiary/aromatic N) is 4. The largest absolute Gasteiger partial charge is 0.378 e. The van der Waals surface area contributed by atoms with E-state index in [1.165, 1.54) is 6.33 Å². The van der Waals surface area contributed by atoms with E-state index in [2.05, 4.69) is 36.7 Å². The van der Waals surface area contributed by atoms with E-state index in [0.29, 0.717) is 36.3 Å². The monoisotopic (exact) mass is 422 g/mol. The molecule has 0 saturated carbocycles. The van der Waals surface area contributed by atoms with Crippen molar-refractivity contribution in [2.75, 3.05) is 36.6 Å². The smallest absolute Gasteiger partial charge is 0.355 e. The molecule has 1 aliphatic rings. The molecule has 3 rings (SSSR count). The van der Waals surface area contributed by atoms with Gasteiger partial charge in [-0.05, 0) is 28.1 Å². The maximum Gasteiger partial charge on any atom is 0.355 e. The molecule has 136 valence electrons. The van der Waals surface area contributed by atoms with E-state index in [0.717, 1.165) is 0 Å². The van der Waals surface area contributed by atoms with E-state index >= 15 is 0 Å². The average molecular weight is 423 g/mol. The standard InChI is InChI=1S/C15H15BrN6O4/c16-11-4-2-1-3-10(11)15(23)20-19-13-12(22(24)25)14(18-9-17-13)21-5-7-26-8-6-21/h1-4,9H,5-8H2,(H,20,23)(H,17,18,19). The van der Waals surface area contributed by atoms with Gasteiger partial charge in [-0.2, -0.15) is 0 Å². The number of ether oxygens (including phenoxy) is 1. The molecule has 1 aliphatic heterocycles. The second-order valence-electron chi connectivity index (χ2n) is 5.31. The molecule has 1 aromatic carbocycles. The van der Waals surface area contributed by atoms with Crippen LogP contribution in [-0.4, -0.2) is 47.1 Å². The SMILES string of the molecule is O=C(NNc1ncnc(N2CCOCC2)c1[N+](=O)[O-])c1ccccc1Br. The van der Waals surface area contributed by atoms with Gasteiger partial charge in [-0.15, -0.1) is 0 Å². The Labute approximate surface area is 156 Å². The Morgan fingerprint density at radius 1 is 1.27 bits per heavy atom. The highest BCUT2D eigenvalue weighted by molar-refractivity contribution is 9.10. The zero-order chi connectivity index (χ0) is 18.5. The summed E-state index contributed by atoms with van der Waals surface area (Å²) in [5.41, 5.74) is 5.03. The fourth-order valence-electron chi connectivity index (χ4n) is 2.46. The third-order valence-electron chi connectivity index (χ3n) is 3.71. The van der Waals surface area contributed by atoms with Crippen molar-refractivity contribution in [2.45, 2.75) is 0 Å². The molecular weight excluding hydrogens is 408 g/mol. The lowest BCUT2D eigenvalue weighted by molar-refractivity contribution is -0.383. The highest BCUT2D eigenvalue weighted by Crippen LogP contribution is 2.31. The number of hydrogen-bond acceptors (Lipinski definition) is 8. The zero-order valence-electron chi connectivity index (χ0n) is 13.5. The second-order valence-corrected chi connectivity index (χ2v) is 6.16. The van der Waals surface area contributed by atoms with Gasteiger partial charge in [0.25, 0.3) is 5.91 Å². The summed E-state index contributed by atoms with van der Waals surface area (Å²) in [5, 5.41) is 11.6. The lowest BCUT2D eigenvalue weighted by Crippen LogP contribution is -2.37. The molecule has 10 nitrogen and oxygen atoms in total. The van der Waals surface area contributed by atoms with E-state index in [4.69, 9.17) is 4.74 Å². The Balaban J connectivity index is 1.82. The molecule has 1 fully saturated rings. The van der Waals surface area contributed by atoms with E-state index in [1.54, 1.807) is 29.2 Å². The molecule has 0 bridgehead atoms. The van der Waals surface area contributed by atoms with Gasteiger partial charge < -0.3 is 9.64 Å². The number of amides is 1. The summed E-state index contributed by atoms with van der Waals surface area (Å²) in [6, 6.07) is 6.83. The highest BCUT2D eigenvalue weighted by Gasteiger charge is 2.28. The number of hydrazine groups is 1. The number of anilines is 2. The Morgan fingerprint density at radius 2 is 2.00 bits per heavy atom. The van der Waals surface area contributed by atoms with Crippen LogP contribution in [0.5, 0.6) is 0 Å². The molecule has 0 unspecified atom stereocenters. The summed E-state index contributed by atoms with van der Waals surface area (Å²) in [4.78, 5) is 32.9. The first-order chi connectivity index (χ1) is 12.6. The van der Waals surface area contributed by atoms with Crippen molar-refractivity contribution in [1.29, 1.82) is 0 Å². The molecule has 26 heavy (non-hydrogen) atoms. The van der Waals surface area contributed by atoms with Gasteiger partial charge in [0.2, 0.25) is 11.6 Å². The Kier molecular flexibility index (Phi) is 5.58. The fourth-order valence-corrected chi connectivity index (χ4v) is 2.93. The zero-order valence-corrected chi connectivity index (χ0v) is 15.1. The van der Waals surface area contributed by atoms with Gasteiger partial charge in [0.05, 0.1) is 23.7 Å². The molecular formula is C15H15BrN6O4. The minimum Gasteiger partial charge on any atom is -0.378 e. The third-order valence-corrected chi connectivity index (χ3v) is 4.40. The Bertz CT molecular complexity index is 828. The predicted molar refractivity (Wildman–Crippen MR) is 96.9 cm³/mol. The molecule has 11 heteroatoms. The van der Waals surface area contributed by atoms with Gasteiger partial charge >= 0.3 is 5.69 Å². The normalized spacial score (nSPS) is 14.0.